The molecule has 9 aromatic rings. The second-order valence-electron chi connectivity index (χ2n) is 12.3. The summed E-state index contributed by atoms with van der Waals surface area (Å²) in [7, 11) is 0. The van der Waals surface area contributed by atoms with Crippen molar-refractivity contribution in [3.05, 3.63) is 174 Å². The van der Waals surface area contributed by atoms with Gasteiger partial charge in [0.25, 0.3) is 0 Å². The SMILES string of the molecule is [C-]#[N+]c1ccc(-c2ccc(-n3c4ccccc4c4cc(C#N)ccc43)cc2C#N)cc1-c1ccccc1-n1c2ccccc2c2ccccc21. The van der Waals surface area contributed by atoms with Crippen molar-refractivity contribution >= 4 is 49.3 Å². The Labute approximate surface area is 288 Å². The van der Waals surface area contributed by atoms with E-state index >= 15 is 0 Å². The van der Waals surface area contributed by atoms with E-state index in [1.807, 2.05) is 78.9 Å². The topological polar surface area (TPSA) is 61.8 Å². The molecule has 0 atom stereocenters. The molecular weight excluding hydrogens is 611 g/mol. The summed E-state index contributed by atoms with van der Waals surface area (Å²) < 4.78 is 4.42. The highest BCUT2D eigenvalue weighted by molar-refractivity contribution is 6.11. The Kier molecular flexibility index (Phi) is 6.56. The zero-order valence-corrected chi connectivity index (χ0v) is 26.7. The first-order valence-electron chi connectivity index (χ1n) is 16.3. The molecule has 0 N–H and O–H groups in total. The van der Waals surface area contributed by atoms with Gasteiger partial charge in [0.2, 0.25) is 0 Å². The second-order valence-corrected chi connectivity index (χ2v) is 12.3. The molecule has 0 saturated carbocycles. The first kappa shape index (κ1) is 28.8. The molecule has 5 nitrogen and oxygen atoms in total. The first-order chi connectivity index (χ1) is 24.7. The second kappa shape index (κ2) is 11.4. The summed E-state index contributed by atoms with van der Waals surface area (Å²) in [4.78, 5) is 3.94. The van der Waals surface area contributed by atoms with Crippen LogP contribution in [-0.4, -0.2) is 9.13 Å². The Balaban J connectivity index is 1.22. The van der Waals surface area contributed by atoms with Crippen LogP contribution in [0, 0.1) is 29.2 Å². The van der Waals surface area contributed by atoms with Crippen LogP contribution in [0.15, 0.2) is 152 Å². The number of benzene rings is 7. The van der Waals surface area contributed by atoms with Crippen molar-refractivity contribution in [1.29, 1.82) is 10.5 Å². The molecule has 0 aliphatic heterocycles. The van der Waals surface area contributed by atoms with Crippen LogP contribution in [0.2, 0.25) is 0 Å². The standard InChI is InChI=1S/C45H25N5/c1-48-40-22-19-30(26-38(40)36-12-4-9-17-44(36)50-42-15-7-2-10-34(42)35-11-3-8-16-43(35)50)33-21-20-32(25-31(33)28-47)49-41-14-6-5-13-37(41)39-24-29(27-46)18-23-45(39)49/h2-26H. The van der Waals surface area contributed by atoms with E-state index < -0.39 is 0 Å². The van der Waals surface area contributed by atoms with Crippen LogP contribution < -0.4 is 0 Å². The van der Waals surface area contributed by atoms with Gasteiger partial charge in [0.15, 0.2) is 5.69 Å². The average Bonchev–Trinajstić information content (AvgIpc) is 3.70. The van der Waals surface area contributed by atoms with Crippen LogP contribution in [0.3, 0.4) is 0 Å². The smallest absolute Gasteiger partial charge is 0.195 e. The molecule has 7 aromatic carbocycles. The van der Waals surface area contributed by atoms with Gasteiger partial charge < -0.3 is 9.13 Å². The van der Waals surface area contributed by atoms with Gasteiger partial charge >= 0.3 is 0 Å². The molecule has 2 aromatic heterocycles. The Bertz CT molecular complexity index is 2920. The lowest BCUT2D eigenvalue weighted by Crippen LogP contribution is -1.98. The molecule has 50 heavy (non-hydrogen) atoms. The van der Waals surface area contributed by atoms with Crippen LogP contribution in [0.4, 0.5) is 5.69 Å². The number of fused-ring (bicyclic) bond motifs is 6. The van der Waals surface area contributed by atoms with Crippen molar-refractivity contribution in [3.63, 3.8) is 0 Å². The number of aromatic nitrogens is 2. The van der Waals surface area contributed by atoms with Crippen LogP contribution in [0.1, 0.15) is 11.1 Å². The summed E-state index contributed by atoms with van der Waals surface area (Å²) in [6.45, 7) is 8.11. The molecule has 0 radical (unpaired) electrons. The Morgan fingerprint density at radius 2 is 1.10 bits per heavy atom. The van der Waals surface area contributed by atoms with Crippen LogP contribution in [-0.2, 0) is 0 Å². The number of hydrogen-bond donors (Lipinski definition) is 0. The number of rotatable bonds is 4. The number of nitriles is 2. The molecule has 9 rings (SSSR count). The van der Waals surface area contributed by atoms with Gasteiger partial charge in [-0.3, -0.25) is 0 Å². The highest BCUT2D eigenvalue weighted by Crippen LogP contribution is 2.42. The summed E-state index contributed by atoms with van der Waals surface area (Å²) in [5.41, 5.74) is 11.0. The third-order valence-electron chi connectivity index (χ3n) is 9.63. The predicted octanol–water partition coefficient (Wildman–Crippen LogP) is 11.5. The minimum absolute atomic E-state index is 0.527. The largest absolute Gasteiger partial charge is 0.309 e. The van der Waals surface area contributed by atoms with E-state index in [1.54, 1.807) is 0 Å². The summed E-state index contributed by atoms with van der Waals surface area (Å²) >= 11 is 0. The minimum atomic E-state index is 0.527. The Hall–Kier alpha value is -7.39. The third-order valence-corrected chi connectivity index (χ3v) is 9.63. The lowest BCUT2D eigenvalue weighted by molar-refractivity contribution is 1.18. The van der Waals surface area contributed by atoms with Gasteiger partial charge in [0.05, 0.1) is 57.6 Å². The zero-order chi connectivity index (χ0) is 33.8. The highest BCUT2D eigenvalue weighted by atomic mass is 15.0. The first-order valence-corrected chi connectivity index (χ1v) is 16.3. The normalized spacial score (nSPS) is 11.1. The van der Waals surface area contributed by atoms with Gasteiger partial charge in [-0.15, -0.1) is 0 Å². The fourth-order valence-electron chi connectivity index (χ4n) is 7.43. The van der Waals surface area contributed by atoms with E-state index in [1.165, 1.54) is 10.8 Å². The molecule has 0 fully saturated rings. The lowest BCUT2D eigenvalue weighted by atomic mass is 9.94. The van der Waals surface area contributed by atoms with Gasteiger partial charge in [0, 0.05) is 27.2 Å². The van der Waals surface area contributed by atoms with E-state index in [0.29, 0.717) is 16.8 Å². The fraction of sp³-hybridized carbons (Fsp3) is 0. The predicted molar refractivity (Wildman–Crippen MR) is 202 cm³/mol. The summed E-state index contributed by atoms with van der Waals surface area (Å²) in [5, 5.41) is 24.4. The fourth-order valence-corrected chi connectivity index (χ4v) is 7.43. The molecular formula is C45H25N5. The summed E-state index contributed by atoms with van der Waals surface area (Å²) in [6.07, 6.45) is 0. The third kappa shape index (κ3) is 4.31. The lowest BCUT2D eigenvalue weighted by Gasteiger charge is -2.17. The quantitative estimate of drug-likeness (QED) is 0.181. The van der Waals surface area contributed by atoms with Crippen LogP contribution >= 0.6 is 0 Å². The molecule has 0 aliphatic rings. The van der Waals surface area contributed by atoms with Crippen molar-refractivity contribution in [2.24, 2.45) is 0 Å². The van der Waals surface area contributed by atoms with Gasteiger partial charge in [-0.2, -0.15) is 10.5 Å². The van der Waals surface area contributed by atoms with Crippen molar-refractivity contribution in [2.45, 2.75) is 0 Å². The highest BCUT2D eigenvalue weighted by Gasteiger charge is 2.19. The van der Waals surface area contributed by atoms with Crippen molar-refractivity contribution in [3.8, 4) is 45.8 Å². The molecule has 2 heterocycles. The van der Waals surface area contributed by atoms with Crippen molar-refractivity contribution in [1.82, 2.24) is 9.13 Å². The number of nitrogens with zero attached hydrogens (tertiary/aromatic N) is 5. The molecule has 0 bridgehead atoms. The van der Waals surface area contributed by atoms with E-state index in [9.17, 15) is 10.5 Å². The van der Waals surface area contributed by atoms with E-state index in [2.05, 4.69) is 98.9 Å². The van der Waals surface area contributed by atoms with Gasteiger partial charge in [-0.25, -0.2) is 4.85 Å². The maximum Gasteiger partial charge on any atom is 0.195 e. The van der Waals surface area contributed by atoms with Gasteiger partial charge in [-0.1, -0.05) is 97.1 Å². The summed E-state index contributed by atoms with van der Waals surface area (Å²) in [5.74, 6) is 0. The van der Waals surface area contributed by atoms with Crippen molar-refractivity contribution in [2.75, 3.05) is 0 Å². The van der Waals surface area contributed by atoms with Gasteiger partial charge in [-0.05, 0) is 76.9 Å². The van der Waals surface area contributed by atoms with Crippen LogP contribution in [0.5, 0.6) is 0 Å². The molecule has 0 amide bonds. The maximum atomic E-state index is 10.5. The molecule has 230 valence electrons. The Morgan fingerprint density at radius 3 is 1.78 bits per heavy atom. The van der Waals surface area contributed by atoms with Crippen molar-refractivity contribution < 1.29 is 0 Å². The monoisotopic (exact) mass is 635 g/mol. The molecule has 0 saturated heterocycles. The summed E-state index contributed by atoms with van der Waals surface area (Å²) in [6, 6.07) is 55.4. The molecule has 0 unspecified atom stereocenters. The molecule has 0 aliphatic carbocycles. The maximum absolute atomic E-state index is 10.5. The van der Waals surface area contributed by atoms with Crippen LogP contribution in [0.25, 0.3) is 82.1 Å². The average molecular weight is 636 g/mol. The minimum Gasteiger partial charge on any atom is -0.309 e. The molecule has 0 spiro atoms. The number of para-hydroxylation sites is 4. The van der Waals surface area contributed by atoms with Gasteiger partial charge in [0.1, 0.15) is 0 Å². The number of hydrogen-bond acceptors (Lipinski definition) is 2. The molecule has 5 heteroatoms. The van der Waals surface area contributed by atoms with E-state index in [-0.39, 0.29) is 0 Å². The Morgan fingerprint density at radius 1 is 0.480 bits per heavy atom. The zero-order valence-electron chi connectivity index (χ0n) is 26.7. The van der Waals surface area contributed by atoms with E-state index in [4.69, 9.17) is 6.57 Å². The van der Waals surface area contributed by atoms with E-state index in [0.717, 1.165) is 66.5 Å².